The van der Waals surface area contributed by atoms with Gasteiger partial charge in [0.2, 0.25) is 15.9 Å². The highest BCUT2D eigenvalue weighted by atomic mass is 32.2. The van der Waals surface area contributed by atoms with Gasteiger partial charge in [-0.05, 0) is 43.7 Å². The third-order valence-corrected chi connectivity index (χ3v) is 7.59. The zero-order valence-electron chi connectivity index (χ0n) is 17.8. The summed E-state index contributed by atoms with van der Waals surface area (Å²) in [5.74, 6) is -0.152. The van der Waals surface area contributed by atoms with E-state index in [0.29, 0.717) is 13.1 Å². The molecule has 0 radical (unpaired) electrons. The predicted octanol–water partition coefficient (Wildman–Crippen LogP) is 3.28. The van der Waals surface area contributed by atoms with E-state index in [9.17, 15) is 26.4 Å². The highest BCUT2D eigenvalue weighted by Gasteiger charge is 2.34. The number of sulfonamides is 1. The molecule has 0 unspecified atom stereocenters. The Morgan fingerprint density at radius 2 is 1.50 bits per heavy atom. The Morgan fingerprint density at radius 1 is 0.938 bits per heavy atom. The lowest BCUT2D eigenvalue weighted by atomic mass is 10.1. The molecule has 1 heterocycles. The van der Waals surface area contributed by atoms with Gasteiger partial charge in [0, 0.05) is 26.2 Å². The zero-order valence-corrected chi connectivity index (χ0v) is 18.7. The summed E-state index contributed by atoms with van der Waals surface area (Å²) < 4.78 is 65.1. The van der Waals surface area contributed by atoms with Crippen LogP contribution in [0.1, 0.15) is 31.0 Å². The second-order valence-electron chi connectivity index (χ2n) is 7.78. The van der Waals surface area contributed by atoms with Gasteiger partial charge in [0.15, 0.2) is 0 Å². The van der Waals surface area contributed by atoms with Gasteiger partial charge in [0.1, 0.15) is 0 Å². The van der Waals surface area contributed by atoms with Gasteiger partial charge in [-0.25, -0.2) is 8.42 Å². The highest BCUT2D eigenvalue weighted by Crippen LogP contribution is 2.30. The number of carbonyl (C=O) groups is 1. The van der Waals surface area contributed by atoms with E-state index in [1.54, 1.807) is 6.92 Å². The number of rotatable bonds is 6. The van der Waals surface area contributed by atoms with Crippen LogP contribution in [0.4, 0.5) is 13.2 Å². The van der Waals surface area contributed by atoms with Crippen molar-refractivity contribution in [1.82, 2.24) is 14.5 Å². The van der Waals surface area contributed by atoms with Crippen molar-refractivity contribution in [2.45, 2.75) is 37.0 Å². The van der Waals surface area contributed by atoms with Crippen molar-refractivity contribution in [3.63, 3.8) is 0 Å². The third-order valence-electron chi connectivity index (χ3n) is 5.68. The van der Waals surface area contributed by atoms with Crippen LogP contribution in [0.2, 0.25) is 0 Å². The Balaban J connectivity index is 1.58. The molecule has 1 aliphatic rings. The first-order valence-electron chi connectivity index (χ1n) is 10.3. The molecular weight excluding hydrogens is 443 g/mol. The van der Waals surface area contributed by atoms with E-state index in [-0.39, 0.29) is 29.9 Å². The molecule has 1 amide bonds. The molecule has 1 N–H and O–H groups in total. The fraction of sp³-hybridized carbons (Fsp3) is 0.409. The van der Waals surface area contributed by atoms with Crippen LogP contribution in [0.5, 0.6) is 0 Å². The smallest absolute Gasteiger partial charge is 0.348 e. The van der Waals surface area contributed by atoms with Crippen LogP contribution in [0, 0.1) is 0 Å². The Bertz CT molecular complexity index is 1020. The van der Waals surface area contributed by atoms with Crippen molar-refractivity contribution in [2.24, 2.45) is 0 Å². The SMILES string of the molecule is C[C@H](NC(=O)[C@@H](C)N1CCN(S(=O)(=O)c2ccc(C(F)(F)F)cc2)CC1)c1ccccc1. The largest absolute Gasteiger partial charge is 0.416 e. The molecule has 32 heavy (non-hydrogen) atoms. The number of hydrogen-bond donors (Lipinski definition) is 1. The number of amides is 1. The molecule has 1 aliphatic heterocycles. The van der Waals surface area contributed by atoms with Gasteiger partial charge in [-0.1, -0.05) is 30.3 Å². The zero-order chi connectivity index (χ0) is 23.5. The van der Waals surface area contributed by atoms with Crippen LogP contribution in [0.15, 0.2) is 59.5 Å². The van der Waals surface area contributed by atoms with E-state index in [2.05, 4.69) is 5.32 Å². The van der Waals surface area contributed by atoms with Crippen LogP contribution in [0.25, 0.3) is 0 Å². The Hall–Kier alpha value is -2.43. The van der Waals surface area contributed by atoms with Crippen LogP contribution in [-0.2, 0) is 21.0 Å². The topological polar surface area (TPSA) is 69.7 Å². The van der Waals surface area contributed by atoms with Gasteiger partial charge in [0.25, 0.3) is 0 Å². The minimum absolute atomic E-state index is 0.148. The fourth-order valence-corrected chi connectivity index (χ4v) is 5.04. The molecular formula is C22H26F3N3O3S. The molecule has 0 bridgehead atoms. The van der Waals surface area contributed by atoms with E-state index in [4.69, 9.17) is 0 Å². The number of nitrogens with zero attached hydrogens (tertiary/aromatic N) is 2. The predicted molar refractivity (Wildman–Crippen MR) is 114 cm³/mol. The minimum Gasteiger partial charge on any atom is -0.348 e. The minimum atomic E-state index is -4.53. The van der Waals surface area contributed by atoms with E-state index in [1.165, 1.54) is 4.31 Å². The molecule has 2 atom stereocenters. The van der Waals surface area contributed by atoms with Crippen molar-refractivity contribution < 1.29 is 26.4 Å². The van der Waals surface area contributed by atoms with Gasteiger partial charge in [-0.15, -0.1) is 0 Å². The molecule has 0 aliphatic carbocycles. The molecule has 1 fully saturated rings. The van der Waals surface area contributed by atoms with Gasteiger partial charge < -0.3 is 5.32 Å². The van der Waals surface area contributed by atoms with E-state index < -0.39 is 27.8 Å². The molecule has 0 spiro atoms. The Morgan fingerprint density at radius 3 is 2.03 bits per heavy atom. The van der Waals surface area contributed by atoms with Crippen LogP contribution in [0.3, 0.4) is 0 Å². The van der Waals surface area contributed by atoms with Crippen molar-refractivity contribution in [3.05, 3.63) is 65.7 Å². The quantitative estimate of drug-likeness (QED) is 0.705. The second kappa shape index (κ2) is 9.60. The van der Waals surface area contributed by atoms with Gasteiger partial charge in [-0.3, -0.25) is 9.69 Å². The normalized spacial score (nSPS) is 18.2. The van der Waals surface area contributed by atoms with Gasteiger partial charge in [0.05, 0.1) is 22.5 Å². The maximum atomic E-state index is 12.8. The molecule has 2 aromatic rings. The fourth-order valence-electron chi connectivity index (χ4n) is 3.62. The number of carbonyl (C=O) groups excluding carboxylic acids is 1. The summed E-state index contributed by atoms with van der Waals surface area (Å²) in [6.45, 7) is 4.65. The van der Waals surface area contributed by atoms with Gasteiger partial charge >= 0.3 is 6.18 Å². The molecule has 1 saturated heterocycles. The summed E-state index contributed by atoms with van der Waals surface area (Å²) in [5.41, 5.74) is 0.0892. The standard InChI is InChI=1S/C22H26F3N3O3S/c1-16(18-6-4-3-5-7-18)26-21(29)17(2)27-12-14-28(15-13-27)32(30,31)20-10-8-19(9-11-20)22(23,24)25/h3-11,16-17H,12-15H2,1-2H3,(H,26,29)/t16-,17+/m0/s1. The van der Waals surface area contributed by atoms with E-state index in [0.717, 1.165) is 29.8 Å². The summed E-state index contributed by atoms with van der Waals surface area (Å²) in [4.78, 5) is 14.4. The van der Waals surface area contributed by atoms with Gasteiger partial charge in [-0.2, -0.15) is 17.5 Å². The molecule has 6 nitrogen and oxygen atoms in total. The summed E-state index contributed by atoms with van der Waals surface area (Å²) >= 11 is 0. The number of piperazine rings is 1. The summed E-state index contributed by atoms with van der Waals surface area (Å²) in [7, 11) is -3.91. The third kappa shape index (κ3) is 5.48. The molecule has 0 aromatic heterocycles. The van der Waals surface area contributed by atoms with Crippen LogP contribution >= 0.6 is 0 Å². The lowest BCUT2D eigenvalue weighted by molar-refractivity contribution is -0.137. The molecule has 2 aromatic carbocycles. The molecule has 10 heteroatoms. The van der Waals surface area contributed by atoms with Crippen molar-refractivity contribution >= 4 is 15.9 Å². The first-order valence-corrected chi connectivity index (χ1v) is 11.7. The average molecular weight is 470 g/mol. The van der Waals surface area contributed by atoms with Crippen LogP contribution < -0.4 is 5.32 Å². The monoisotopic (exact) mass is 469 g/mol. The maximum absolute atomic E-state index is 12.8. The molecule has 3 rings (SSSR count). The average Bonchev–Trinajstić information content (AvgIpc) is 2.78. The summed E-state index contributed by atoms with van der Waals surface area (Å²) in [5, 5.41) is 2.97. The Kier molecular flexibility index (Phi) is 7.26. The summed E-state index contributed by atoms with van der Waals surface area (Å²) in [6.07, 6.45) is -4.53. The lowest BCUT2D eigenvalue weighted by Gasteiger charge is -2.37. The summed E-state index contributed by atoms with van der Waals surface area (Å²) in [6, 6.07) is 12.4. The van der Waals surface area contributed by atoms with Crippen molar-refractivity contribution in [1.29, 1.82) is 0 Å². The Labute approximate surface area is 186 Å². The number of halogens is 3. The lowest BCUT2D eigenvalue weighted by Crippen LogP contribution is -2.55. The van der Waals surface area contributed by atoms with E-state index >= 15 is 0 Å². The second-order valence-corrected chi connectivity index (χ2v) is 9.72. The first-order chi connectivity index (χ1) is 15.0. The first kappa shape index (κ1) is 24.2. The van der Waals surface area contributed by atoms with Crippen molar-refractivity contribution in [3.8, 4) is 0 Å². The number of hydrogen-bond acceptors (Lipinski definition) is 4. The number of alkyl halides is 3. The number of benzene rings is 2. The molecule has 0 saturated carbocycles. The van der Waals surface area contributed by atoms with Crippen molar-refractivity contribution in [2.75, 3.05) is 26.2 Å². The van der Waals surface area contributed by atoms with E-state index in [1.807, 2.05) is 42.2 Å². The maximum Gasteiger partial charge on any atom is 0.416 e. The molecule has 174 valence electrons. The van der Waals surface area contributed by atoms with Crippen LogP contribution in [-0.4, -0.2) is 55.8 Å². The highest BCUT2D eigenvalue weighted by molar-refractivity contribution is 7.89. The number of nitrogens with one attached hydrogen (secondary N) is 1.